The molecule has 0 radical (unpaired) electrons. The van der Waals surface area contributed by atoms with E-state index in [2.05, 4.69) is 16.3 Å². The molecule has 2 aliphatic heterocycles. The van der Waals surface area contributed by atoms with Gasteiger partial charge in [-0.05, 0) is 75.1 Å². The number of nitrogens with zero attached hydrogens (tertiary/aromatic N) is 1. The van der Waals surface area contributed by atoms with Gasteiger partial charge in [-0.25, -0.2) is 0 Å². The number of nitrogens with one attached hydrogen (secondary N) is 2. The third kappa shape index (κ3) is 8.66. The molecule has 1 unspecified atom stereocenters. The van der Waals surface area contributed by atoms with E-state index in [0.717, 1.165) is 70.3 Å². The number of aryl methyl sites for hydroxylation is 1. The van der Waals surface area contributed by atoms with Gasteiger partial charge in [-0.1, -0.05) is 31.1 Å². The molecule has 0 bridgehead atoms. The smallest absolute Gasteiger partial charge is 0.115 e. The molecule has 2 heterocycles. The molecule has 1 atom stereocenters. The van der Waals surface area contributed by atoms with Crippen LogP contribution in [-0.4, -0.2) is 55.6 Å². The molecule has 1 aromatic rings. The lowest BCUT2D eigenvalue weighted by Gasteiger charge is -2.41. The van der Waals surface area contributed by atoms with Crippen molar-refractivity contribution in [3.63, 3.8) is 0 Å². The Morgan fingerprint density at radius 1 is 1.10 bits per heavy atom. The summed E-state index contributed by atoms with van der Waals surface area (Å²) in [6.07, 6.45) is 14.6. The molecule has 0 spiro atoms. The lowest BCUT2D eigenvalue weighted by Crippen LogP contribution is -2.50. The van der Waals surface area contributed by atoms with Gasteiger partial charge in [-0.2, -0.15) is 0 Å². The fraction of sp³-hybridized carbons (Fsp3) is 0.654. The molecule has 172 valence electrons. The maximum atomic E-state index is 9.35. The molecule has 1 aromatic carbocycles. The average Bonchev–Trinajstić information content (AvgIpc) is 3.03. The maximum absolute atomic E-state index is 9.35. The Morgan fingerprint density at radius 2 is 1.94 bits per heavy atom. The quantitative estimate of drug-likeness (QED) is 0.314. The number of hydrogen-bond acceptors (Lipinski definition) is 5. The lowest BCUT2D eigenvalue weighted by atomic mass is 9.94. The van der Waals surface area contributed by atoms with E-state index in [1.54, 1.807) is 12.1 Å². The average molecular weight is 428 g/mol. The summed E-state index contributed by atoms with van der Waals surface area (Å²) >= 11 is 0. The summed E-state index contributed by atoms with van der Waals surface area (Å²) in [7, 11) is 0. The van der Waals surface area contributed by atoms with Crippen LogP contribution < -0.4 is 5.32 Å². The first kappa shape index (κ1) is 23.8. The van der Waals surface area contributed by atoms with Gasteiger partial charge in [0.05, 0.1) is 5.70 Å². The second-order valence-corrected chi connectivity index (χ2v) is 9.21. The van der Waals surface area contributed by atoms with E-state index in [1.807, 2.05) is 12.1 Å². The topological polar surface area (TPSA) is 68.6 Å². The highest BCUT2D eigenvalue weighted by atomic mass is 16.5. The van der Waals surface area contributed by atoms with Crippen LogP contribution in [0.4, 0.5) is 0 Å². The van der Waals surface area contributed by atoms with Gasteiger partial charge in [0.1, 0.15) is 5.75 Å². The SMILES string of the molecule is N=C/C(=C\CCCc1ccc(O)cc1)N1CC(CNCCCCC2CCCOCC2)C1. The van der Waals surface area contributed by atoms with Gasteiger partial charge in [0, 0.05) is 45.0 Å². The molecule has 0 aliphatic carbocycles. The van der Waals surface area contributed by atoms with Gasteiger partial charge >= 0.3 is 0 Å². The third-order valence-corrected chi connectivity index (χ3v) is 6.65. The number of phenols is 1. The van der Waals surface area contributed by atoms with Crippen LogP contribution in [0.1, 0.15) is 56.9 Å². The lowest BCUT2D eigenvalue weighted by molar-refractivity contribution is 0.141. The van der Waals surface area contributed by atoms with Crippen molar-refractivity contribution >= 4 is 6.21 Å². The van der Waals surface area contributed by atoms with Crippen LogP contribution in [0.25, 0.3) is 0 Å². The van der Waals surface area contributed by atoms with Gasteiger partial charge in [0.15, 0.2) is 0 Å². The molecule has 3 N–H and O–H groups in total. The number of phenolic OH excluding ortho intramolecular Hbond substituents is 1. The Hall–Kier alpha value is -1.85. The summed E-state index contributed by atoms with van der Waals surface area (Å²) in [5.74, 6) is 1.91. The minimum absolute atomic E-state index is 0.321. The minimum atomic E-state index is 0.321. The van der Waals surface area contributed by atoms with Crippen LogP contribution >= 0.6 is 0 Å². The fourth-order valence-electron chi connectivity index (χ4n) is 4.66. The van der Waals surface area contributed by atoms with Crippen molar-refractivity contribution in [2.45, 2.75) is 57.8 Å². The van der Waals surface area contributed by atoms with Crippen LogP contribution in [0.15, 0.2) is 36.0 Å². The van der Waals surface area contributed by atoms with Crippen LogP contribution in [0.3, 0.4) is 0 Å². The van der Waals surface area contributed by atoms with Crippen molar-refractivity contribution in [1.29, 1.82) is 5.41 Å². The summed E-state index contributed by atoms with van der Waals surface area (Å²) < 4.78 is 5.56. The number of likely N-dealkylation sites (tertiary alicyclic amines) is 1. The number of allylic oxidation sites excluding steroid dienone is 2. The first-order valence-corrected chi connectivity index (χ1v) is 12.3. The summed E-state index contributed by atoms with van der Waals surface area (Å²) in [6, 6.07) is 7.46. The highest BCUT2D eigenvalue weighted by molar-refractivity contribution is 5.75. The molecule has 31 heavy (non-hydrogen) atoms. The molecule has 3 rings (SSSR count). The maximum Gasteiger partial charge on any atom is 0.115 e. The monoisotopic (exact) mass is 427 g/mol. The number of ether oxygens (including phenoxy) is 1. The number of aromatic hydroxyl groups is 1. The molecular formula is C26H41N3O2. The van der Waals surface area contributed by atoms with Gasteiger partial charge in [-0.3, -0.25) is 0 Å². The Morgan fingerprint density at radius 3 is 2.74 bits per heavy atom. The van der Waals surface area contributed by atoms with E-state index in [4.69, 9.17) is 10.1 Å². The van der Waals surface area contributed by atoms with E-state index in [-0.39, 0.29) is 0 Å². The van der Waals surface area contributed by atoms with Crippen LogP contribution in [-0.2, 0) is 11.2 Å². The Kier molecular flexibility index (Phi) is 10.4. The summed E-state index contributed by atoms with van der Waals surface area (Å²) in [6.45, 7) is 6.28. The molecule has 2 fully saturated rings. The molecule has 0 aromatic heterocycles. The highest BCUT2D eigenvalue weighted by Crippen LogP contribution is 2.22. The highest BCUT2D eigenvalue weighted by Gasteiger charge is 2.26. The summed E-state index contributed by atoms with van der Waals surface area (Å²) in [4.78, 5) is 2.33. The van der Waals surface area contributed by atoms with E-state index in [9.17, 15) is 5.11 Å². The second-order valence-electron chi connectivity index (χ2n) is 9.21. The number of hydrogen-bond donors (Lipinski definition) is 3. The molecule has 5 heteroatoms. The predicted molar refractivity (Wildman–Crippen MR) is 128 cm³/mol. The van der Waals surface area contributed by atoms with Gasteiger partial charge in [0.25, 0.3) is 0 Å². The summed E-state index contributed by atoms with van der Waals surface area (Å²) in [5, 5.41) is 20.7. The van der Waals surface area contributed by atoms with Crippen molar-refractivity contribution in [2.24, 2.45) is 11.8 Å². The largest absolute Gasteiger partial charge is 0.508 e. The fourth-order valence-corrected chi connectivity index (χ4v) is 4.66. The predicted octanol–water partition coefficient (Wildman–Crippen LogP) is 4.76. The normalized spacial score (nSPS) is 20.3. The van der Waals surface area contributed by atoms with Crippen molar-refractivity contribution in [2.75, 3.05) is 39.4 Å². The van der Waals surface area contributed by atoms with Gasteiger partial charge in [0.2, 0.25) is 0 Å². The number of benzene rings is 1. The third-order valence-electron chi connectivity index (χ3n) is 6.65. The number of unbranched alkanes of at least 4 members (excludes halogenated alkanes) is 2. The first-order valence-electron chi connectivity index (χ1n) is 12.3. The standard InChI is InChI=1S/C26H41N3O2/c27-18-25(9-2-1-6-23-10-12-26(30)13-11-23)29-20-24(21-29)19-28-15-4-3-7-22-8-5-16-31-17-14-22/h9-13,18,22,24,27-28,30H,1-8,14-17,19-21H2/b25-9+,27-18?. The molecule has 5 nitrogen and oxygen atoms in total. The van der Waals surface area contributed by atoms with Crippen LogP contribution in [0.5, 0.6) is 5.75 Å². The van der Waals surface area contributed by atoms with Crippen LogP contribution in [0.2, 0.25) is 0 Å². The van der Waals surface area contributed by atoms with E-state index in [0.29, 0.717) is 11.7 Å². The number of rotatable bonds is 13. The second kappa shape index (κ2) is 13.5. The molecule has 2 saturated heterocycles. The zero-order valence-corrected chi connectivity index (χ0v) is 19.0. The van der Waals surface area contributed by atoms with E-state index in [1.165, 1.54) is 50.3 Å². The van der Waals surface area contributed by atoms with Crippen molar-refractivity contribution in [3.05, 3.63) is 41.6 Å². The Labute approximate surface area is 188 Å². The first-order chi connectivity index (χ1) is 15.2. The van der Waals surface area contributed by atoms with E-state index >= 15 is 0 Å². The van der Waals surface area contributed by atoms with Crippen molar-refractivity contribution in [3.8, 4) is 5.75 Å². The zero-order chi connectivity index (χ0) is 21.7. The molecular weight excluding hydrogens is 386 g/mol. The molecule has 0 saturated carbocycles. The van der Waals surface area contributed by atoms with Crippen molar-refractivity contribution < 1.29 is 9.84 Å². The minimum Gasteiger partial charge on any atom is -0.508 e. The zero-order valence-electron chi connectivity index (χ0n) is 19.0. The van der Waals surface area contributed by atoms with Crippen LogP contribution in [0, 0.1) is 17.2 Å². The molecule has 0 amide bonds. The van der Waals surface area contributed by atoms with Crippen molar-refractivity contribution in [1.82, 2.24) is 10.2 Å². The van der Waals surface area contributed by atoms with Gasteiger partial charge < -0.3 is 25.5 Å². The van der Waals surface area contributed by atoms with E-state index < -0.39 is 0 Å². The molecule has 2 aliphatic rings. The Bertz CT molecular complexity index is 660. The Balaban J connectivity index is 1.21. The van der Waals surface area contributed by atoms with Gasteiger partial charge in [-0.15, -0.1) is 0 Å². The summed E-state index contributed by atoms with van der Waals surface area (Å²) in [5.41, 5.74) is 2.32.